The van der Waals surface area contributed by atoms with Crippen LogP contribution in [-0.2, 0) is 19.4 Å². The Balaban J connectivity index is 1.55. The maximum atomic E-state index is 13.4. The van der Waals surface area contributed by atoms with Gasteiger partial charge in [-0.25, -0.2) is 4.79 Å². The van der Waals surface area contributed by atoms with Gasteiger partial charge in [0, 0.05) is 28.0 Å². The predicted octanol–water partition coefficient (Wildman–Crippen LogP) is 6.14. The van der Waals surface area contributed by atoms with E-state index in [4.69, 9.17) is 0 Å². The molecule has 0 saturated carbocycles. The average molecular weight is 406 g/mol. The Morgan fingerprint density at radius 2 is 1.97 bits per heavy atom. The van der Waals surface area contributed by atoms with Crippen molar-refractivity contribution in [1.29, 1.82) is 0 Å². The van der Waals surface area contributed by atoms with Crippen molar-refractivity contribution < 1.29 is 4.79 Å². The molecule has 1 aromatic carbocycles. The SMILES string of the molecule is Cc1ccc(C)c(NC(=O)N2Cc3c(sc4c3CCCC4)-n3cccc3[C@H]2C)c1. The number of amides is 2. The summed E-state index contributed by atoms with van der Waals surface area (Å²) in [5.74, 6) is 0. The minimum atomic E-state index is -0.0254. The van der Waals surface area contributed by atoms with Gasteiger partial charge in [0.1, 0.15) is 5.00 Å². The zero-order valence-corrected chi connectivity index (χ0v) is 18.1. The van der Waals surface area contributed by atoms with Gasteiger partial charge < -0.3 is 14.8 Å². The highest BCUT2D eigenvalue weighted by Gasteiger charge is 2.33. The van der Waals surface area contributed by atoms with Crippen molar-refractivity contribution in [2.24, 2.45) is 0 Å². The molecule has 0 unspecified atom stereocenters. The predicted molar refractivity (Wildman–Crippen MR) is 119 cm³/mol. The fourth-order valence-corrected chi connectivity index (χ4v) is 6.07. The van der Waals surface area contributed by atoms with Crippen LogP contribution in [0, 0.1) is 13.8 Å². The maximum absolute atomic E-state index is 13.4. The minimum Gasteiger partial charge on any atom is -0.312 e. The summed E-state index contributed by atoms with van der Waals surface area (Å²) in [6.45, 7) is 6.90. The molecule has 1 aliphatic heterocycles. The molecule has 3 heterocycles. The first-order chi connectivity index (χ1) is 14.0. The van der Waals surface area contributed by atoms with E-state index in [0.717, 1.165) is 23.2 Å². The number of aryl methyl sites for hydroxylation is 3. The monoisotopic (exact) mass is 405 g/mol. The standard InChI is InChI=1S/C24H27N3OS/c1-15-10-11-16(2)20(13-15)25-24(28)27-14-19-18-7-4-5-9-22(18)29-23(19)26-12-6-8-21(26)17(27)3/h6,8,10-13,17H,4-5,7,9,14H2,1-3H3,(H,25,28)/t17-/m1/s1. The first kappa shape index (κ1) is 18.5. The number of thiophene rings is 1. The van der Waals surface area contributed by atoms with Crippen LogP contribution in [0.5, 0.6) is 0 Å². The zero-order chi connectivity index (χ0) is 20.1. The number of aromatic nitrogens is 1. The van der Waals surface area contributed by atoms with E-state index in [1.54, 1.807) is 0 Å². The number of rotatable bonds is 1. The van der Waals surface area contributed by atoms with Crippen LogP contribution in [0.4, 0.5) is 10.5 Å². The van der Waals surface area contributed by atoms with Crippen molar-refractivity contribution >= 4 is 23.1 Å². The topological polar surface area (TPSA) is 37.3 Å². The van der Waals surface area contributed by atoms with Crippen LogP contribution in [0.15, 0.2) is 36.5 Å². The minimum absolute atomic E-state index is 0.00829. The van der Waals surface area contributed by atoms with Gasteiger partial charge in [0.15, 0.2) is 0 Å². The first-order valence-corrected chi connectivity index (χ1v) is 11.3. The molecule has 3 aromatic rings. The summed E-state index contributed by atoms with van der Waals surface area (Å²) in [5, 5.41) is 4.50. The lowest BCUT2D eigenvalue weighted by molar-refractivity contribution is 0.189. The van der Waals surface area contributed by atoms with Crippen molar-refractivity contribution in [3.05, 3.63) is 69.4 Å². The number of nitrogens with zero attached hydrogens (tertiary/aromatic N) is 2. The fourth-order valence-electron chi connectivity index (χ4n) is 4.67. The number of carbonyl (C=O) groups excluding carboxylic acids is 1. The van der Waals surface area contributed by atoms with Crippen LogP contribution in [0.1, 0.15) is 58.6 Å². The van der Waals surface area contributed by atoms with Crippen LogP contribution in [0.25, 0.3) is 5.00 Å². The molecule has 0 spiro atoms. The molecule has 4 nitrogen and oxygen atoms in total. The second kappa shape index (κ2) is 7.06. The fraction of sp³-hybridized carbons (Fsp3) is 0.375. The third-order valence-electron chi connectivity index (χ3n) is 6.38. The molecule has 1 atom stereocenters. The Hall–Kier alpha value is -2.53. The van der Waals surface area contributed by atoms with Crippen molar-refractivity contribution in [2.45, 2.75) is 59.0 Å². The number of hydrogen-bond donors (Lipinski definition) is 1. The lowest BCUT2D eigenvalue weighted by Gasteiger charge is -2.28. The van der Waals surface area contributed by atoms with Crippen LogP contribution in [0.3, 0.4) is 0 Å². The molecule has 1 N–H and O–H groups in total. The van der Waals surface area contributed by atoms with Crippen molar-refractivity contribution in [3.8, 4) is 5.00 Å². The molecular weight excluding hydrogens is 378 g/mol. The van der Waals surface area contributed by atoms with Crippen molar-refractivity contribution in [3.63, 3.8) is 0 Å². The molecule has 2 amide bonds. The van der Waals surface area contributed by atoms with Gasteiger partial charge >= 0.3 is 6.03 Å². The largest absolute Gasteiger partial charge is 0.322 e. The van der Waals surface area contributed by atoms with Crippen LogP contribution >= 0.6 is 11.3 Å². The zero-order valence-electron chi connectivity index (χ0n) is 17.3. The molecule has 0 radical (unpaired) electrons. The lowest BCUT2D eigenvalue weighted by Crippen LogP contribution is -2.36. The van der Waals surface area contributed by atoms with E-state index in [-0.39, 0.29) is 12.1 Å². The molecule has 0 bridgehead atoms. The van der Waals surface area contributed by atoms with Gasteiger partial charge in [0.2, 0.25) is 0 Å². The summed E-state index contributed by atoms with van der Waals surface area (Å²) < 4.78 is 2.31. The Morgan fingerprint density at radius 3 is 2.83 bits per heavy atom. The van der Waals surface area contributed by atoms with Crippen LogP contribution in [0.2, 0.25) is 0 Å². The number of carbonyl (C=O) groups is 1. The third kappa shape index (κ3) is 3.08. The normalized spacial score (nSPS) is 17.9. The van der Waals surface area contributed by atoms with Crippen molar-refractivity contribution in [1.82, 2.24) is 9.47 Å². The Kier molecular flexibility index (Phi) is 4.50. The quantitative estimate of drug-likeness (QED) is 0.518. The number of fused-ring (bicyclic) bond motifs is 5. The first-order valence-electron chi connectivity index (χ1n) is 10.5. The van der Waals surface area contributed by atoms with Gasteiger partial charge in [0.05, 0.1) is 12.6 Å². The summed E-state index contributed by atoms with van der Waals surface area (Å²) in [6.07, 6.45) is 6.99. The van der Waals surface area contributed by atoms with E-state index in [1.165, 1.54) is 46.0 Å². The second-order valence-corrected chi connectivity index (χ2v) is 9.43. The maximum Gasteiger partial charge on any atom is 0.322 e. The van der Waals surface area contributed by atoms with E-state index in [2.05, 4.69) is 60.3 Å². The molecule has 2 aliphatic rings. The summed E-state index contributed by atoms with van der Waals surface area (Å²) in [4.78, 5) is 17.0. The van der Waals surface area contributed by atoms with E-state index < -0.39 is 0 Å². The molecule has 150 valence electrons. The van der Waals surface area contributed by atoms with Crippen LogP contribution < -0.4 is 5.32 Å². The highest BCUT2D eigenvalue weighted by Crippen LogP contribution is 2.42. The van der Waals surface area contributed by atoms with Crippen LogP contribution in [-0.4, -0.2) is 15.5 Å². The number of urea groups is 1. The van der Waals surface area contributed by atoms with Gasteiger partial charge in [-0.2, -0.15) is 0 Å². The molecule has 1 aliphatic carbocycles. The Morgan fingerprint density at radius 1 is 1.14 bits per heavy atom. The summed E-state index contributed by atoms with van der Waals surface area (Å²) in [7, 11) is 0. The number of nitrogens with one attached hydrogen (secondary N) is 1. The van der Waals surface area contributed by atoms with Gasteiger partial charge in [-0.05, 0) is 81.3 Å². The third-order valence-corrected chi connectivity index (χ3v) is 7.71. The summed E-state index contributed by atoms with van der Waals surface area (Å²) >= 11 is 1.93. The Bertz CT molecular complexity index is 1090. The Labute approximate surface area is 176 Å². The molecule has 2 aromatic heterocycles. The van der Waals surface area contributed by atoms with Gasteiger partial charge in [-0.1, -0.05) is 12.1 Å². The van der Waals surface area contributed by atoms with E-state index in [1.807, 2.05) is 23.2 Å². The number of anilines is 1. The smallest absolute Gasteiger partial charge is 0.312 e. The summed E-state index contributed by atoms with van der Waals surface area (Å²) in [6, 6.07) is 10.4. The van der Waals surface area contributed by atoms with Gasteiger partial charge in [-0.15, -0.1) is 11.3 Å². The lowest BCUT2D eigenvalue weighted by atomic mass is 9.95. The number of benzene rings is 1. The average Bonchev–Trinajstić information content (AvgIpc) is 3.30. The van der Waals surface area contributed by atoms with E-state index >= 15 is 0 Å². The highest BCUT2D eigenvalue weighted by atomic mass is 32.1. The molecule has 0 saturated heterocycles. The van der Waals surface area contributed by atoms with Crippen molar-refractivity contribution in [2.75, 3.05) is 5.32 Å². The van der Waals surface area contributed by atoms with Gasteiger partial charge in [-0.3, -0.25) is 0 Å². The summed E-state index contributed by atoms with van der Waals surface area (Å²) in [5.41, 5.74) is 7.16. The number of hydrogen-bond acceptors (Lipinski definition) is 2. The second-order valence-electron chi connectivity index (χ2n) is 8.35. The molecule has 5 rings (SSSR count). The highest BCUT2D eigenvalue weighted by molar-refractivity contribution is 7.15. The van der Waals surface area contributed by atoms with E-state index in [0.29, 0.717) is 6.54 Å². The van der Waals surface area contributed by atoms with E-state index in [9.17, 15) is 4.79 Å². The molecule has 5 heteroatoms. The molecule has 0 fully saturated rings. The molecule has 29 heavy (non-hydrogen) atoms. The van der Waals surface area contributed by atoms with Gasteiger partial charge in [0.25, 0.3) is 0 Å². The molecular formula is C24H27N3OS.